The van der Waals surface area contributed by atoms with Gasteiger partial charge in [-0.3, -0.25) is 0 Å². The Labute approximate surface area is 121 Å². The van der Waals surface area contributed by atoms with Gasteiger partial charge in [-0.05, 0) is 24.7 Å². The van der Waals surface area contributed by atoms with E-state index in [0.717, 1.165) is 6.42 Å². The molecule has 1 N–H and O–H groups in total. The molecule has 0 rings (SSSR count). The number of carbonyl (C=O) groups excluding carboxylic acids is 2. The Morgan fingerprint density at radius 3 is 2.25 bits per heavy atom. The molecule has 0 aliphatic carbocycles. The van der Waals surface area contributed by atoms with Gasteiger partial charge in [0, 0.05) is 12.1 Å². The second-order valence-corrected chi connectivity index (χ2v) is 6.30. The molecule has 0 bridgehead atoms. The normalized spacial score (nSPS) is 12.4. The van der Waals surface area contributed by atoms with Gasteiger partial charge in [-0.15, -0.1) is 0 Å². The zero-order valence-corrected chi connectivity index (χ0v) is 13.2. The van der Waals surface area contributed by atoms with Crippen molar-refractivity contribution >= 4 is 12.1 Å². The summed E-state index contributed by atoms with van der Waals surface area (Å²) in [4.78, 5) is 22.5. The third-order valence-corrected chi connectivity index (χ3v) is 2.45. The average Bonchev–Trinajstić information content (AvgIpc) is 2.29. The van der Waals surface area contributed by atoms with Crippen LogP contribution in [-0.4, -0.2) is 31.8 Å². The van der Waals surface area contributed by atoms with Gasteiger partial charge >= 0.3 is 12.1 Å². The van der Waals surface area contributed by atoms with Crippen LogP contribution in [0.4, 0.5) is 4.79 Å². The molecule has 0 heterocycles. The molecule has 0 aliphatic rings. The highest BCUT2D eigenvalue weighted by molar-refractivity contribution is 5.86. The lowest BCUT2D eigenvalue weighted by molar-refractivity contribution is -0.139. The van der Waals surface area contributed by atoms with E-state index in [1.165, 1.54) is 0 Å². The monoisotopic (exact) mass is 285 g/mol. The van der Waals surface area contributed by atoms with Crippen molar-refractivity contribution in [2.75, 3.05) is 19.8 Å². The number of hydrogen-bond acceptors (Lipinski definition) is 4. The number of hydrogen-bond donors (Lipinski definition) is 1. The maximum absolute atomic E-state index is 11.4. The Bertz CT molecular complexity index is 344. The third kappa shape index (κ3) is 10.4. The van der Waals surface area contributed by atoms with Crippen molar-refractivity contribution in [1.82, 2.24) is 5.32 Å². The molecule has 5 heteroatoms. The molecular formula is C15H27NO4. The van der Waals surface area contributed by atoms with Gasteiger partial charge in [0.2, 0.25) is 0 Å². The minimum atomic E-state index is -0.489. The van der Waals surface area contributed by atoms with Crippen LogP contribution < -0.4 is 5.32 Å². The van der Waals surface area contributed by atoms with Crippen molar-refractivity contribution in [3.8, 4) is 0 Å². The SMILES string of the molecule is C=C(C)C(=O)OCCOC(=O)NCC(C)CC(C)(C)C. The smallest absolute Gasteiger partial charge is 0.407 e. The lowest BCUT2D eigenvalue weighted by atomic mass is 9.85. The lowest BCUT2D eigenvalue weighted by Gasteiger charge is -2.23. The van der Waals surface area contributed by atoms with E-state index in [1.54, 1.807) is 6.92 Å². The highest BCUT2D eigenvalue weighted by atomic mass is 16.6. The van der Waals surface area contributed by atoms with Crippen LogP contribution in [0.1, 0.15) is 41.0 Å². The van der Waals surface area contributed by atoms with E-state index in [-0.39, 0.29) is 18.6 Å². The average molecular weight is 285 g/mol. The minimum absolute atomic E-state index is 0.0384. The van der Waals surface area contributed by atoms with E-state index >= 15 is 0 Å². The van der Waals surface area contributed by atoms with Gasteiger partial charge in [0.15, 0.2) is 0 Å². The molecule has 0 radical (unpaired) electrons. The predicted octanol–water partition coefficient (Wildman–Crippen LogP) is 2.90. The van der Waals surface area contributed by atoms with Crippen molar-refractivity contribution in [2.45, 2.75) is 41.0 Å². The molecule has 0 fully saturated rings. The van der Waals surface area contributed by atoms with Gasteiger partial charge in [-0.25, -0.2) is 9.59 Å². The summed E-state index contributed by atoms with van der Waals surface area (Å²) >= 11 is 0. The summed E-state index contributed by atoms with van der Waals surface area (Å²) in [7, 11) is 0. The van der Waals surface area contributed by atoms with E-state index in [0.29, 0.717) is 18.0 Å². The van der Waals surface area contributed by atoms with Gasteiger partial charge in [-0.2, -0.15) is 0 Å². The first-order chi connectivity index (χ1) is 9.11. The molecule has 0 saturated heterocycles. The van der Waals surface area contributed by atoms with Crippen LogP contribution in [0.3, 0.4) is 0 Å². The van der Waals surface area contributed by atoms with Crippen molar-refractivity contribution in [3.63, 3.8) is 0 Å². The van der Waals surface area contributed by atoms with Crippen LogP contribution in [0.25, 0.3) is 0 Å². The summed E-state index contributed by atoms with van der Waals surface area (Å²) in [5.74, 6) is -0.100. The number of alkyl carbamates (subject to hydrolysis) is 1. The molecule has 0 aliphatic heterocycles. The molecule has 0 aromatic heterocycles. The summed E-state index contributed by atoms with van der Waals surface area (Å²) in [6.45, 7) is 14.2. The van der Waals surface area contributed by atoms with E-state index in [2.05, 4.69) is 39.6 Å². The first kappa shape index (κ1) is 18.5. The molecule has 1 amide bonds. The Balaban J connectivity index is 3.69. The predicted molar refractivity (Wildman–Crippen MR) is 78.4 cm³/mol. The van der Waals surface area contributed by atoms with Crippen LogP contribution in [0.15, 0.2) is 12.2 Å². The molecule has 0 saturated carbocycles. The molecule has 0 spiro atoms. The van der Waals surface area contributed by atoms with Crippen LogP contribution in [-0.2, 0) is 14.3 Å². The van der Waals surface area contributed by atoms with Gasteiger partial charge in [0.1, 0.15) is 13.2 Å². The summed E-state index contributed by atoms with van der Waals surface area (Å²) in [6.07, 6.45) is 0.529. The fourth-order valence-corrected chi connectivity index (χ4v) is 1.82. The van der Waals surface area contributed by atoms with Crippen LogP contribution >= 0.6 is 0 Å². The molecule has 1 atom stereocenters. The third-order valence-electron chi connectivity index (χ3n) is 2.45. The second-order valence-electron chi connectivity index (χ2n) is 6.30. The van der Waals surface area contributed by atoms with Crippen molar-refractivity contribution in [2.24, 2.45) is 11.3 Å². The lowest BCUT2D eigenvalue weighted by Crippen LogP contribution is -2.31. The minimum Gasteiger partial charge on any atom is -0.459 e. The fraction of sp³-hybridized carbons (Fsp3) is 0.733. The summed E-state index contributed by atoms with van der Waals surface area (Å²) < 4.78 is 9.70. The number of amides is 1. The number of nitrogens with one attached hydrogen (secondary N) is 1. The number of esters is 1. The summed E-state index contributed by atoms with van der Waals surface area (Å²) in [5, 5.41) is 2.70. The molecule has 0 aromatic rings. The van der Waals surface area contributed by atoms with Gasteiger partial charge in [0.25, 0.3) is 0 Å². The molecular weight excluding hydrogens is 258 g/mol. The highest BCUT2D eigenvalue weighted by Gasteiger charge is 2.16. The Morgan fingerprint density at radius 1 is 1.20 bits per heavy atom. The van der Waals surface area contributed by atoms with Crippen LogP contribution in [0.5, 0.6) is 0 Å². The van der Waals surface area contributed by atoms with E-state index in [9.17, 15) is 9.59 Å². The maximum atomic E-state index is 11.4. The summed E-state index contributed by atoms with van der Waals surface area (Å²) in [6, 6.07) is 0. The Hall–Kier alpha value is -1.52. The molecule has 20 heavy (non-hydrogen) atoms. The Kier molecular flexibility index (Phi) is 7.96. The first-order valence-corrected chi connectivity index (χ1v) is 6.85. The van der Waals surface area contributed by atoms with Crippen LogP contribution in [0.2, 0.25) is 0 Å². The topological polar surface area (TPSA) is 64.6 Å². The van der Waals surface area contributed by atoms with E-state index in [4.69, 9.17) is 9.47 Å². The molecule has 5 nitrogen and oxygen atoms in total. The molecule has 1 unspecified atom stereocenters. The number of ether oxygens (including phenoxy) is 2. The van der Waals surface area contributed by atoms with E-state index < -0.39 is 12.1 Å². The standard InChI is InChI=1S/C15H27NO4/c1-11(2)13(17)19-7-8-20-14(18)16-10-12(3)9-15(4,5)6/h12H,1,7-10H2,2-6H3,(H,16,18). The summed E-state index contributed by atoms with van der Waals surface area (Å²) in [5.41, 5.74) is 0.562. The second kappa shape index (κ2) is 8.61. The van der Waals surface area contributed by atoms with Crippen molar-refractivity contribution in [3.05, 3.63) is 12.2 Å². The van der Waals surface area contributed by atoms with Gasteiger partial charge in [0.05, 0.1) is 0 Å². The number of rotatable bonds is 7. The molecule has 116 valence electrons. The van der Waals surface area contributed by atoms with Gasteiger partial charge < -0.3 is 14.8 Å². The largest absolute Gasteiger partial charge is 0.459 e. The van der Waals surface area contributed by atoms with Crippen molar-refractivity contribution < 1.29 is 19.1 Å². The fourth-order valence-electron chi connectivity index (χ4n) is 1.82. The van der Waals surface area contributed by atoms with E-state index in [1.807, 2.05) is 0 Å². The first-order valence-electron chi connectivity index (χ1n) is 6.85. The zero-order chi connectivity index (χ0) is 15.8. The Morgan fingerprint density at radius 2 is 1.75 bits per heavy atom. The van der Waals surface area contributed by atoms with Crippen molar-refractivity contribution in [1.29, 1.82) is 0 Å². The van der Waals surface area contributed by atoms with Gasteiger partial charge in [-0.1, -0.05) is 34.3 Å². The number of carbonyl (C=O) groups is 2. The highest BCUT2D eigenvalue weighted by Crippen LogP contribution is 2.23. The zero-order valence-electron chi connectivity index (χ0n) is 13.2. The quantitative estimate of drug-likeness (QED) is 0.444. The van der Waals surface area contributed by atoms with Crippen LogP contribution in [0, 0.1) is 11.3 Å². The molecule has 0 aromatic carbocycles. The maximum Gasteiger partial charge on any atom is 0.407 e.